The van der Waals surface area contributed by atoms with E-state index in [1.165, 1.54) is 4.90 Å². The maximum Gasteiger partial charge on any atom is 0.266 e. The molecule has 6 rings (SSSR count). The number of carbonyl (C=O) groups is 3. The Labute approximate surface area is 340 Å². The number of nitrogens with one attached hydrogen (secondary N) is 4. The molecule has 1 fully saturated rings. The smallest absolute Gasteiger partial charge is 0.266 e. The number of hydrogen-bond donors (Lipinski definition) is 6. The van der Waals surface area contributed by atoms with E-state index in [-0.39, 0.29) is 44.3 Å². The number of ether oxygens (including phenoxy) is 1. The van der Waals surface area contributed by atoms with E-state index in [9.17, 15) is 27.9 Å². The van der Waals surface area contributed by atoms with E-state index in [2.05, 4.69) is 20.3 Å². The summed E-state index contributed by atoms with van der Waals surface area (Å²) in [7, 11) is -3.87. The number of hydrogen-bond acceptors (Lipinski definition) is 10. The zero-order valence-corrected chi connectivity index (χ0v) is 33.1. The number of aryl methyl sites for hydroxylation is 1. The van der Waals surface area contributed by atoms with Gasteiger partial charge in [0.15, 0.2) is 11.5 Å². The molecular formula is C41H44ClN7O8S. The van der Waals surface area contributed by atoms with E-state index < -0.39 is 58.5 Å². The van der Waals surface area contributed by atoms with Crippen molar-refractivity contribution in [1.82, 2.24) is 19.9 Å². The number of aliphatic hydroxyl groups is 1. The van der Waals surface area contributed by atoms with Crippen molar-refractivity contribution in [3.05, 3.63) is 130 Å². The zero-order valence-electron chi connectivity index (χ0n) is 31.6. The highest BCUT2D eigenvalue weighted by molar-refractivity contribution is 7.88. The van der Waals surface area contributed by atoms with Crippen LogP contribution in [0.4, 0.5) is 5.69 Å². The molecule has 1 aromatic heterocycles. The fraction of sp³-hybridized carbons (Fsp3) is 0.293. The maximum atomic E-state index is 14.5. The first kappa shape index (κ1) is 42.0. The number of carbonyl (C=O) groups excluding carboxylic acids is 3. The number of benzene rings is 4. The Kier molecular flexibility index (Phi) is 13.6. The second kappa shape index (κ2) is 18.7. The van der Waals surface area contributed by atoms with E-state index in [4.69, 9.17) is 31.9 Å². The normalized spacial score (nSPS) is 16.5. The molecule has 2 amide bonds. The van der Waals surface area contributed by atoms with Crippen molar-refractivity contribution in [3.63, 3.8) is 0 Å². The van der Waals surface area contributed by atoms with Gasteiger partial charge in [-0.05, 0) is 59.9 Å². The number of anilines is 1. The number of Topliss-reactive ketones (excluding diaryl/α,β-unsaturated/α-hetero) is 1. The fourth-order valence-electron chi connectivity index (χ4n) is 6.86. The number of sulfonamides is 1. The molecule has 0 aliphatic carbocycles. The van der Waals surface area contributed by atoms with Gasteiger partial charge in [0.2, 0.25) is 27.6 Å². The largest absolute Gasteiger partial charge is 0.434 e. The second-order valence-electron chi connectivity index (χ2n) is 14.1. The van der Waals surface area contributed by atoms with Crippen LogP contribution in [-0.2, 0) is 50.4 Å². The van der Waals surface area contributed by atoms with Crippen molar-refractivity contribution in [2.75, 3.05) is 18.1 Å². The molecule has 0 saturated carbocycles. The number of aromatic nitrogens is 1. The summed E-state index contributed by atoms with van der Waals surface area (Å²) in [6.45, 7) is -0.299. The van der Waals surface area contributed by atoms with Crippen molar-refractivity contribution in [3.8, 4) is 0 Å². The summed E-state index contributed by atoms with van der Waals surface area (Å²) in [6, 6.07) is 24.4. The number of amides is 2. The van der Waals surface area contributed by atoms with Crippen LogP contribution >= 0.6 is 11.6 Å². The molecule has 0 bridgehead atoms. The molecule has 0 radical (unpaired) electrons. The highest BCUT2D eigenvalue weighted by Crippen LogP contribution is 2.26. The van der Waals surface area contributed by atoms with Crippen LogP contribution in [0.25, 0.3) is 11.1 Å². The summed E-state index contributed by atoms with van der Waals surface area (Å²) in [5.74, 6) is -2.53. The first-order valence-electron chi connectivity index (χ1n) is 18.5. The standard InChI is InChI=1S/C41H44ClN7O8S/c1-58(54,55)48-33(18-13-25-7-3-2-4-8-25)40(53)49-22-30(56-24-26-11-15-29(42)16-12-26)21-35(49)38(52)45-34(37(51)39-46-32-9-5-6-10-36(32)57-39)20-27-14-17-31(47-41(43)44)28(19-27)23-50/h2-12,14-17,19,30,33-35,48,50H,13,18,20-24H2,1H3,(H,45,52)(H4,43,44,47)/t30-,33-,34+,35+/m1/s1. The number of nitrogens with two attached hydrogens (primary N) is 1. The van der Waals surface area contributed by atoms with Crippen LogP contribution < -0.4 is 21.1 Å². The number of fused-ring (bicyclic) bond motifs is 1. The lowest BCUT2D eigenvalue weighted by Crippen LogP contribution is -2.55. The van der Waals surface area contributed by atoms with Crippen LogP contribution in [0.1, 0.15) is 45.8 Å². The minimum absolute atomic E-state index is 0.0357. The molecule has 1 aliphatic rings. The molecule has 58 heavy (non-hydrogen) atoms. The number of rotatable bonds is 17. The lowest BCUT2D eigenvalue weighted by atomic mass is 9.98. The van der Waals surface area contributed by atoms with Gasteiger partial charge in [0, 0.05) is 35.7 Å². The Bertz CT molecular complexity index is 2340. The van der Waals surface area contributed by atoms with Gasteiger partial charge in [0.05, 0.1) is 25.6 Å². The topological polar surface area (TPSA) is 230 Å². The third-order valence-corrected chi connectivity index (χ3v) is 10.6. The van der Waals surface area contributed by atoms with Crippen LogP contribution in [0.15, 0.2) is 101 Å². The van der Waals surface area contributed by atoms with Crippen molar-refractivity contribution >= 4 is 62.0 Å². The summed E-state index contributed by atoms with van der Waals surface area (Å²) < 4.78 is 39.6. The van der Waals surface area contributed by atoms with E-state index in [0.717, 1.165) is 17.4 Å². The Morgan fingerprint density at radius 2 is 1.71 bits per heavy atom. The fourth-order valence-corrected chi connectivity index (χ4v) is 7.72. The van der Waals surface area contributed by atoms with Gasteiger partial charge in [-0.25, -0.2) is 18.1 Å². The third kappa shape index (κ3) is 11.0. The molecular weight excluding hydrogens is 786 g/mol. The van der Waals surface area contributed by atoms with Gasteiger partial charge < -0.3 is 35.5 Å². The van der Waals surface area contributed by atoms with E-state index in [0.29, 0.717) is 39.4 Å². The van der Waals surface area contributed by atoms with Crippen molar-refractivity contribution in [1.29, 1.82) is 5.41 Å². The van der Waals surface area contributed by atoms with Crippen molar-refractivity contribution < 1.29 is 37.1 Å². The molecule has 0 spiro atoms. The van der Waals surface area contributed by atoms with Crippen LogP contribution in [0.3, 0.4) is 0 Å². The molecule has 17 heteroatoms. The first-order valence-corrected chi connectivity index (χ1v) is 20.7. The van der Waals surface area contributed by atoms with Crippen molar-refractivity contribution in [2.24, 2.45) is 5.73 Å². The minimum atomic E-state index is -3.87. The molecule has 0 unspecified atom stereocenters. The number of oxazole rings is 1. The Morgan fingerprint density at radius 1 is 1.00 bits per heavy atom. The second-order valence-corrected chi connectivity index (χ2v) is 16.3. The Balaban J connectivity index is 1.30. The van der Waals surface area contributed by atoms with Crippen LogP contribution in [0.2, 0.25) is 5.02 Å². The van der Waals surface area contributed by atoms with Crippen LogP contribution in [-0.4, -0.2) is 84.0 Å². The SMILES string of the molecule is CS(=O)(=O)N[C@H](CCc1ccccc1)C(=O)N1C[C@H](OCc2ccc(Cl)cc2)C[C@H]1C(=O)N[C@@H](Cc1ccc(NC(=N)N)c(CO)c1)C(=O)c1nc2ccccc2o1. The van der Waals surface area contributed by atoms with Crippen LogP contribution in [0, 0.1) is 5.41 Å². The average molecular weight is 830 g/mol. The molecule has 7 N–H and O–H groups in total. The number of nitrogens with zero attached hydrogens (tertiary/aromatic N) is 2. The molecule has 304 valence electrons. The highest BCUT2D eigenvalue weighted by Gasteiger charge is 2.44. The number of aliphatic hydroxyl groups excluding tert-OH is 1. The number of ketones is 1. The Morgan fingerprint density at radius 3 is 2.40 bits per heavy atom. The Hall–Kier alpha value is -5.65. The third-order valence-electron chi connectivity index (χ3n) is 9.65. The number of para-hydroxylation sites is 2. The van der Waals surface area contributed by atoms with E-state index in [1.54, 1.807) is 66.7 Å². The number of guanidine groups is 1. The summed E-state index contributed by atoms with van der Waals surface area (Å²) >= 11 is 6.06. The lowest BCUT2D eigenvalue weighted by molar-refractivity contribution is -0.140. The summed E-state index contributed by atoms with van der Waals surface area (Å²) in [4.78, 5) is 48.8. The molecule has 15 nitrogen and oxygen atoms in total. The molecule has 4 aromatic carbocycles. The zero-order chi connectivity index (χ0) is 41.4. The monoisotopic (exact) mass is 829 g/mol. The summed E-state index contributed by atoms with van der Waals surface area (Å²) in [5.41, 5.74) is 9.33. The highest BCUT2D eigenvalue weighted by atomic mass is 35.5. The van der Waals surface area contributed by atoms with Gasteiger partial charge in [-0.2, -0.15) is 0 Å². The molecule has 5 aromatic rings. The van der Waals surface area contributed by atoms with Gasteiger partial charge in [-0.3, -0.25) is 19.8 Å². The predicted molar refractivity (Wildman–Crippen MR) is 219 cm³/mol. The number of halogens is 1. The molecule has 1 aliphatic heterocycles. The first-order chi connectivity index (χ1) is 27.8. The van der Waals surface area contributed by atoms with E-state index in [1.807, 2.05) is 30.3 Å². The number of likely N-dealkylation sites (tertiary alicyclic amines) is 1. The summed E-state index contributed by atoms with van der Waals surface area (Å²) in [6.07, 6.45) is 0.774. The van der Waals surface area contributed by atoms with Gasteiger partial charge in [-0.1, -0.05) is 78.3 Å². The van der Waals surface area contributed by atoms with Crippen LogP contribution in [0.5, 0.6) is 0 Å². The van der Waals surface area contributed by atoms with Gasteiger partial charge in [0.25, 0.3) is 5.89 Å². The molecule has 2 heterocycles. The maximum absolute atomic E-state index is 14.5. The minimum Gasteiger partial charge on any atom is -0.434 e. The molecule has 1 saturated heterocycles. The van der Waals surface area contributed by atoms with Crippen molar-refractivity contribution in [2.45, 2.75) is 63.1 Å². The molecule has 4 atom stereocenters. The lowest BCUT2D eigenvalue weighted by Gasteiger charge is -2.29. The van der Waals surface area contributed by atoms with Gasteiger partial charge in [-0.15, -0.1) is 0 Å². The van der Waals surface area contributed by atoms with Gasteiger partial charge >= 0.3 is 0 Å². The average Bonchev–Trinajstić information content (AvgIpc) is 3.84. The summed E-state index contributed by atoms with van der Waals surface area (Å²) in [5, 5.41) is 23.7. The quantitative estimate of drug-likeness (QED) is 0.0447. The predicted octanol–water partition coefficient (Wildman–Crippen LogP) is 3.93. The van der Waals surface area contributed by atoms with Gasteiger partial charge in [0.1, 0.15) is 23.6 Å². The van der Waals surface area contributed by atoms with E-state index >= 15 is 0 Å².